The summed E-state index contributed by atoms with van der Waals surface area (Å²) in [7, 11) is 0. The van der Waals surface area contributed by atoms with Crippen molar-refractivity contribution in [2.75, 3.05) is 0 Å². The van der Waals surface area contributed by atoms with E-state index in [1.165, 1.54) is 24.8 Å². The molecule has 0 spiro atoms. The Kier molecular flexibility index (Phi) is 1.43. The Labute approximate surface area is 78.4 Å². The van der Waals surface area contributed by atoms with Crippen LogP contribution in [0.1, 0.15) is 30.7 Å². The van der Waals surface area contributed by atoms with Crippen LogP contribution in [0.4, 0.5) is 0 Å². The zero-order valence-electron chi connectivity index (χ0n) is 7.61. The van der Waals surface area contributed by atoms with Crippen LogP contribution in [0.25, 0.3) is 0 Å². The van der Waals surface area contributed by atoms with E-state index in [0.29, 0.717) is 5.75 Å². The van der Waals surface area contributed by atoms with Gasteiger partial charge in [0.25, 0.3) is 0 Å². The number of hydrogen-bond donors (Lipinski definition) is 1. The second kappa shape index (κ2) is 2.50. The Morgan fingerprint density at radius 3 is 2.77 bits per heavy atom. The molecule has 0 amide bonds. The monoisotopic (exact) mass is 174 g/mol. The zero-order valence-corrected chi connectivity index (χ0v) is 7.61. The third kappa shape index (κ3) is 1.32. The molecule has 0 radical (unpaired) electrons. The van der Waals surface area contributed by atoms with Gasteiger partial charge in [0.15, 0.2) is 0 Å². The van der Waals surface area contributed by atoms with Crippen LogP contribution in [-0.2, 0) is 0 Å². The molecule has 2 aliphatic carbocycles. The van der Waals surface area contributed by atoms with Crippen molar-refractivity contribution >= 4 is 0 Å². The van der Waals surface area contributed by atoms with E-state index in [-0.39, 0.29) is 0 Å². The minimum atomic E-state index is 0.416. The summed E-state index contributed by atoms with van der Waals surface area (Å²) in [4.78, 5) is 0. The normalized spacial score (nSPS) is 31.7. The van der Waals surface area contributed by atoms with Crippen LogP contribution in [0, 0.1) is 11.8 Å². The lowest BCUT2D eigenvalue weighted by atomic mass is 10.1. The summed E-state index contributed by atoms with van der Waals surface area (Å²) in [6.45, 7) is 0. The van der Waals surface area contributed by atoms with Crippen LogP contribution in [0.5, 0.6) is 5.75 Å². The lowest BCUT2D eigenvalue weighted by molar-refractivity contribution is 0.474. The average molecular weight is 174 g/mol. The first kappa shape index (κ1) is 7.43. The van der Waals surface area contributed by atoms with Crippen molar-refractivity contribution < 1.29 is 5.11 Å². The Balaban J connectivity index is 1.78. The van der Waals surface area contributed by atoms with Gasteiger partial charge < -0.3 is 5.11 Å². The predicted octanol–water partition coefficient (Wildman–Crippen LogP) is 2.91. The highest BCUT2D eigenvalue weighted by Gasteiger charge is 2.47. The van der Waals surface area contributed by atoms with E-state index in [1.54, 1.807) is 6.07 Å². The lowest BCUT2D eigenvalue weighted by Crippen LogP contribution is -1.84. The summed E-state index contributed by atoms with van der Waals surface area (Å²) >= 11 is 0. The summed E-state index contributed by atoms with van der Waals surface area (Å²) in [6.07, 6.45) is 4.24. The Morgan fingerprint density at radius 2 is 2.08 bits per heavy atom. The van der Waals surface area contributed by atoms with Gasteiger partial charge in [0, 0.05) is 0 Å². The smallest absolute Gasteiger partial charge is 0.115 e. The van der Waals surface area contributed by atoms with Gasteiger partial charge in [0.2, 0.25) is 0 Å². The van der Waals surface area contributed by atoms with Gasteiger partial charge >= 0.3 is 0 Å². The lowest BCUT2D eigenvalue weighted by Gasteiger charge is -1.99. The highest BCUT2D eigenvalue weighted by atomic mass is 16.3. The van der Waals surface area contributed by atoms with Gasteiger partial charge in [0.05, 0.1) is 0 Å². The summed E-state index contributed by atoms with van der Waals surface area (Å²) in [5.74, 6) is 3.15. The number of aromatic hydroxyl groups is 1. The van der Waals surface area contributed by atoms with E-state index >= 15 is 0 Å². The Hall–Kier alpha value is -0.980. The Morgan fingerprint density at radius 1 is 1.23 bits per heavy atom. The minimum Gasteiger partial charge on any atom is -0.508 e. The fraction of sp³-hybridized carbons (Fsp3) is 0.500. The van der Waals surface area contributed by atoms with E-state index < -0.39 is 0 Å². The molecule has 13 heavy (non-hydrogen) atoms. The Bertz CT molecular complexity index is 328. The van der Waals surface area contributed by atoms with Crippen LogP contribution in [0.15, 0.2) is 24.3 Å². The molecule has 0 unspecified atom stereocenters. The van der Waals surface area contributed by atoms with Crippen molar-refractivity contribution in [3.63, 3.8) is 0 Å². The molecule has 2 aliphatic rings. The van der Waals surface area contributed by atoms with E-state index in [9.17, 15) is 5.11 Å². The maximum atomic E-state index is 9.33. The molecule has 0 bridgehead atoms. The molecule has 1 N–H and O–H groups in total. The van der Waals surface area contributed by atoms with Gasteiger partial charge in [-0.25, -0.2) is 0 Å². The van der Waals surface area contributed by atoms with Crippen molar-refractivity contribution in [1.29, 1.82) is 0 Å². The van der Waals surface area contributed by atoms with Gasteiger partial charge in [-0.2, -0.15) is 0 Å². The molecule has 2 fully saturated rings. The number of rotatable bonds is 2. The third-order valence-corrected chi connectivity index (χ3v) is 3.37. The fourth-order valence-corrected chi connectivity index (χ4v) is 2.40. The first-order valence-corrected chi connectivity index (χ1v) is 5.13. The van der Waals surface area contributed by atoms with Crippen LogP contribution < -0.4 is 0 Å². The summed E-state index contributed by atoms with van der Waals surface area (Å²) in [5, 5.41) is 9.33. The maximum Gasteiger partial charge on any atom is 0.115 e. The molecule has 0 aliphatic heterocycles. The molecule has 1 aromatic carbocycles. The first-order valence-electron chi connectivity index (χ1n) is 5.13. The second-order valence-corrected chi connectivity index (χ2v) is 4.44. The molecule has 1 heteroatoms. The van der Waals surface area contributed by atoms with E-state index in [1.807, 2.05) is 12.1 Å². The molecule has 2 saturated carbocycles. The van der Waals surface area contributed by atoms with Crippen LogP contribution >= 0.6 is 0 Å². The average Bonchev–Trinajstić information content (AvgIpc) is 2.99. The number of phenols is 1. The molecule has 0 saturated heterocycles. The summed E-state index contributed by atoms with van der Waals surface area (Å²) < 4.78 is 0. The van der Waals surface area contributed by atoms with Crippen molar-refractivity contribution in [2.45, 2.75) is 25.2 Å². The largest absolute Gasteiger partial charge is 0.508 e. The van der Waals surface area contributed by atoms with E-state index in [2.05, 4.69) is 6.07 Å². The number of hydrogen-bond acceptors (Lipinski definition) is 1. The van der Waals surface area contributed by atoms with Gasteiger partial charge in [-0.1, -0.05) is 12.1 Å². The fourth-order valence-electron chi connectivity index (χ4n) is 2.40. The second-order valence-electron chi connectivity index (χ2n) is 4.44. The van der Waals surface area contributed by atoms with Gasteiger partial charge in [0.1, 0.15) is 5.75 Å². The molecule has 2 atom stereocenters. The van der Waals surface area contributed by atoms with Gasteiger partial charge in [-0.15, -0.1) is 0 Å². The molecule has 1 aromatic rings. The molecular weight excluding hydrogens is 160 g/mol. The maximum absolute atomic E-state index is 9.33. The molecule has 0 aromatic heterocycles. The summed E-state index contributed by atoms with van der Waals surface area (Å²) in [5.41, 5.74) is 1.34. The van der Waals surface area contributed by atoms with Gasteiger partial charge in [-0.3, -0.25) is 0 Å². The number of phenolic OH excluding ortho intramolecular Hbond substituents is 1. The molecule has 1 nitrogen and oxygen atoms in total. The minimum absolute atomic E-state index is 0.416. The highest BCUT2D eigenvalue weighted by molar-refractivity contribution is 5.33. The van der Waals surface area contributed by atoms with Crippen molar-refractivity contribution in [1.82, 2.24) is 0 Å². The van der Waals surface area contributed by atoms with Crippen molar-refractivity contribution in [2.24, 2.45) is 11.8 Å². The van der Waals surface area contributed by atoms with Gasteiger partial charge in [-0.05, 0) is 54.7 Å². The zero-order chi connectivity index (χ0) is 8.84. The highest BCUT2D eigenvalue weighted by Crippen LogP contribution is 2.59. The van der Waals surface area contributed by atoms with E-state index in [4.69, 9.17) is 0 Å². The third-order valence-electron chi connectivity index (χ3n) is 3.37. The predicted molar refractivity (Wildman–Crippen MR) is 51.7 cm³/mol. The van der Waals surface area contributed by atoms with Crippen molar-refractivity contribution in [3.05, 3.63) is 29.8 Å². The van der Waals surface area contributed by atoms with Crippen molar-refractivity contribution in [3.8, 4) is 5.75 Å². The van der Waals surface area contributed by atoms with Crippen LogP contribution in [0.3, 0.4) is 0 Å². The topological polar surface area (TPSA) is 20.2 Å². The molecular formula is C12H14O. The summed E-state index contributed by atoms with van der Waals surface area (Å²) in [6, 6.07) is 7.77. The quantitative estimate of drug-likeness (QED) is 0.731. The van der Waals surface area contributed by atoms with Crippen LogP contribution in [-0.4, -0.2) is 5.11 Å². The van der Waals surface area contributed by atoms with Crippen LogP contribution in [0.2, 0.25) is 0 Å². The molecule has 3 rings (SSSR count). The van der Waals surface area contributed by atoms with E-state index in [0.717, 1.165) is 17.8 Å². The molecule has 0 heterocycles. The SMILES string of the molecule is Oc1cccc([C@@H]2C[C@H]2C2CC2)c1. The number of benzene rings is 1. The molecule has 68 valence electrons. The standard InChI is InChI=1S/C12H14O/c13-10-3-1-2-9(6-10)12-7-11(12)8-4-5-8/h1-3,6,8,11-13H,4-5,7H2/t11-,12-/m0/s1. The first-order chi connectivity index (χ1) is 6.34.